The first-order valence-corrected chi connectivity index (χ1v) is 4.34. The molecule has 74 valence electrons. The van der Waals surface area contributed by atoms with Crippen LogP contribution < -0.4 is 0 Å². The van der Waals surface area contributed by atoms with Crippen molar-refractivity contribution in [2.45, 2.75) is 6.42 Å². The normalized spacial score (nSPS) is 9.31. The van der Waals surface area contributed by atoms with Crippen molar-refractivity contribution >= 4 is 5.65 Å². The van der Waals surface area contributed by atoms with Crippen LogP contribution in [0.25, 0.3) is 5.65 Å². The zero-order valence-corrected chi connectivity index (χ0v) is 8.05. The molecule has 0 atom stereocenters. The molecule has 2 heterocycles. The zero-order chi connectivity index (χ0) is 11.5. The molecule has 0 aliphatic rings. The van der Waals surface area contributed by atoms with Crippen LogP contribution in [-0.2, 0) is 6.42 Å². The Morgan fingerprint density at radius 3 is 2.69 bits per heavy atom. The fraction of sp³-hybridized carbons (Fsp3) is 0.100. The van der Waals surface area contributed by atoms with Crippen LogP contribution in [0.15, 0.2) is 12.4 Å². The molecule has 0 saturated carbocycles. The van der Waals surface area contributed by atoms with E-state index >= 15 is 0 Å². The van der Waals surface area contributed by atoms with E-state index in [-0.39, 0.29) is 12.0 Å². The first kappa shape index (κ1) is 9.64. The predicted molar refractivity (Wildman–Crippen MR) is 51.7 cm³/mol. The van der Waals surface area contributed by atoms with Crippen LogP contribution in [0, 0.1) is 34.0 Å². The average Bonchev–Trinajstić information content (AvgIpc) is 2.65. The highest BCUT2D eigenvalue weighted by molar-refractivity contribution is 5.58. The molecule has 0 unspecified atom stereocenters. The molecular weight excluding hydrogens is 204 g/mol. The monoisotopic (exact) mass is 208 g/mol. The lowest BCUT2D eigenvalue weighted by atomic mass is 10.2. The summed E-state index contributed by atoms with van der Waals surface area (Å²) in [5.41, 5.74) is 1.38. The van der Waals surface area contributed by atoms with E-state index in [9.17, 15) is 0 Å². The van der Waals surface area contributed by atoms with E-state index in [0.29, 0.717) is 16.9 Å². The van der Waals surface area contributed by atoms with Crippen molar-refractivity contribution in [3.05, 3.63) is 29.2 Å². The molecule has 6 heteroatoms. The Balaban J connectivity index is 2.74. The summed E-state index contributed by atoms with van der Waals surface area (Å²) >= 11 is 0. The molecule has 0 fully saturated rings. The Morgan fingerprint density at radius 1 is 1.25 bits per heavy atom. The number of hydrogen-bond acceptors (Lipinski definition) is 5. The minimum absolute atomic E-state index is 0.0497. The topological polar surface area (TPSA) is 102 Å². The average molecular weight is 208 g/mol. The molecule has 6 nitrogen and oxygen atoms in total. The molecule has 0 spiro atoms. The maximum Gasteiger partial charge on any atom is 0.173 e. The largest absolute Gasteiger partial charge is 0.234 e. The van der Waals surface area contributed by atoms with Gasteiger partial charge >= 0.3 is 0 Å². The van der Waals surface area contributed by atoms with Gasteiger partial charge in [-0.1, -0.05) is 0 Å². The van der Waals surface area contributed by atoms with Crippen LogP contribution in [0.3, 0.4) is 0 Å². The summed E-state index contributed by atoms with van der Waals surface area (Å²) < 4.78 is 1.35. The third-order valence-electron chi connectivity index (χ3n) is 2.03. The second-order valence-corrected chi connectivity index (χ2v) is 2.99. The summed E-state index contributed by atoms with van der Waals surface area (Å²) in [5.74, 6) is 0. The van der Waals surface area contributed by atoms with Gasteiger partial charge in [0.15, 0.2) is 5.65 Å². The van der Waals surface area contributed by atoms with Crippen LogP contribution >= 0.6 is 0 Å². The van der Waals surface area contributed by atoms with E-state index in [1.165, 1.54) is 16.9 Å². The minimum Gasteiger partial charge on any atom is -0.234 e. The maximum absolute atomic E-state index is 8.94. The quantitative estimate of drug-likeness (QED) is 0.680. The van der Waals surface area contributed by atoms with Crippen molar-refractivity contribution in [1.29, 1.82) is 15.8 Å². The highest BCUT2D eigenvalue weighted by atomic mass is 15.2. The van der Waals surface area contributed by atoms with E-state index in [1.54, 1.807) is 0 Å². The van der Waals surface area contributed by atoms with Crippen molar-refractivity contribution < 1.29 is 0 Å². The molecule has 0 aromatic carbocycles. The summed E-state index contributed by atoms with van der Waals surface area (Å²) in [6, 6.07) is 5.82. The Bertz CT molecular complexity index is 676. The summed E-state index contributed by atoms with van der Waals surface area (Å²) in [6.07, 6.45) is 2.90. The molecule has 2 rings (SSSR count). The predicted octanol–water partition coefficient (Wildman–Crippen LogP) is 0.539. The fourth-order valence-corrected chi connectivity index (χ4v) is 1.35. The van der Waals surface area contributed by atoms with Crippen molar-refractivity contribution in [3.63, 3.8) is 0 Å². The third-order valence-corrected chi connectivity index (χ3v) is 2.03. The third kappa shape index (κ3) is 1.33. The van der Waals surface area contributed by atoms with Crippen molar-refractivity contribution in [2.75, 3.05) is 0 Å². The lowest BCUT2D eigenvalue weighted by Crippen LogP contribution is -1.92. The standard InChI is InChI=1S/C10H4N6/c11-2-1-9-8(4-13)10-14-5-7(3-12)6-16(10)15-9/h5-6H,1H2. The lowest BCUT2D eigenvalue weighted by molar-refractivity contribution is 0.900. The highest BCUT2D eigenvalue weighted by Gasteiger charge is 2.13. The smallest absolute Gasteiger partial charge is 0.173 e. The maximum atomic E-state index is 8.94. The van der Waals surface area contributed by atoms with E-state index in [2.05, 4.69) is 10.1 Å². The molecule has 0 bridgehead atoms. The molecule has 2 aromatic rings. The van der Waals surface area contributed by atoms with Gasteiger partial charge in [0.2, 0.25) is 0 Å². The van der Waals surface area contributed by atoms with Crippen LogP contribution in [0.4, 0.5) is 0 Å². The lowest BCUT2D eigenvalue weighted by Gasteiger charge is -1.91. The van der Waals surface area contributed by atoms with E-state index in [1.807, 2.05) is 18.2 Å². The molecule has 0 radical (unpaired) electrons. The van der Waals surface area contributed by atoms with Crippen molar-refractivity contribution in [3.8, 4) is 18.2 Å². The summed E-state index contributed by atoms with van der Waals surface area (Å²) in [5, 5.41) is 30.3. The summed E-state index contributed by atoms with van der Waals surface area (Å²) in [6.45, 7) is 0. The van der Waals surface area contributed by atoms with Gasteiger partial charge in [0.05, 0.1) is 29.9 Å². The first-order valence-electron chi connectivity index (χ1n) is 4.34. The first-order chi connectivity index (χ1) is 7.80. The second kappa shape index (κ2) is 3.68. The minimum atomic E-state index is 0.0497. The highest BCUT2D eigenvalue weighted by Crippen LogP contribution is 2.13. The molecule has 0 amide bonds. The number of aromatic nitrogens is 3. The van der Waals surface area contributed by atoms with Gasteiger partial charge in [0.1, 0.15) is 17.7 Å². The summed E-state index contributed by atoms with van der Waals surface area (Å²) in [4.78, 5) is 3.97. The Kier molecular flexibility index (Phi) is 2.22. The van der Waals surface area contributed by atoms with Gasteiger partial charge in [-0.05, 0) is 0 Å². The second-order valence-electron chi connectivity index (χ2n) is 2.99. The van der Waals surface area contributed by atoms with Crippen LogP contribution in [0.2, 0.25) is 0 Å². The van der Waals surface area contributed by atoms with Crippen LogP contribution in [0.5, 0.6) is 0 Å². The molecule has 0 saturated heterocycles. The van der Waals surface area contributed by atoms with E-state index < -0.39 is 0 Å². The number of nitriles is 3. The van der Waals surface area contributed by atoms with Gasteiger partial charge in [0, 0.05) is 6.20 Å². The number of fused-ring (bicyclic) bond motifs is 1. The molecule has 0 N–H and O–H groups in total. The number of rotatable bonds is 1. The molecule has 2 aromatic heterocycles. The Hall–Kier alpha value is -2.91. The van der Waals surface area contributed by atoms with Gasteiger partial charge in [-0.25, -0.2) is 9.50 Å². The zero-order valence-electron chi connectivity index (χ0n) is 8.05. The molecule has 16 heavy (non-hydrogen) atoms. The van der Waals surface area contributed by atoms with E-state index in [0.717, 1.165) is 0 Å². The molecule has 0 aliphatic carbocycles. The number of nitrogens with zero attached hydrogens (tertiary/aromatic N) is 6. The van der Waals surface area contributed by atoms with Crippen molar-refractivity contribution in [1.82, 2.24) is 14.6 Å². The van der Waals surface area contributed by atoms with Crippen LogP contribution in [0.1, 0.15) is 16.8 Å². The van der Waals surface area contributed by atoms with Crippen LogP contribution in [-0.4, -0.2) is 14.6 Å². The van der Waals surface area contributed by atoms with Gasteiger partial charge in [-0.2, -0.15) is 20.9 Å². The Morgan fingerprint density at radius 2 is 2.06 bits per heavy atom. The molecule has 0 aliphatic heterocycles. The van der Waals surface area contributed by atoms with Crippen molar-refractivity contribution in [2.24, 2.45) is 0 Å². The van der Waals surface area contributed by atoms with Gasteiger partial charge in [-0.3, -0.25) is 0 Å². The Labute approximate surface area is 90.6 Å². The van der Waals surface area contributed by atoms with Gasteiger partial charge < -0.3 is 0 Å². The van der Waals surface area contributed by atoms with E-state index in [4.69, 9.17) is 15.8 Å². The fourth-order valence-electron chi connectivity index (χ4n) is 1.35. The van der Waals surface area contributed by atoms with Gasteiger partial charge in [0.25, 0.3) is 0 Å². The molecular formula is C10H4N6. The number of hydrogen-bond donors (Lipinski definition) is 0. The van der Waals surface area contributed by atoms with Gasteiger partial charge in [-0.15, -0.1) is 0 Å². The summed E-state index contributed by atoms with van der Waals surface area (Å²) in [7, 11) is 0. The SMILES string of the molecule is N#CCc1nn2cc(C#N)cnc2c1C#N.